The van der Waals surface area contributed by atoms with Gasteiger partial charge >= 0.3 is 0 Å². The fourth-order valence-electron chi connectivity index (χ4n) is 2.89. The minimum Gasteiger partial charge on any atom is -0.329 e. The summed E-state index contributed by atoms with van der Waals surface area (Å²) in [5.41, 5.74) is 6.34. The molecule has 1 rings (SSSR count). The topological polar surface area (TPSA) is 32.5 Å². The van der Waals surface area contributed by atoms with Gasteiger partial charge in [0.1, 0.15) is 0 Å². The second-order valence-electron chi connectivity index (χ2n) is 6.11. The lowest BCUT2D eigenvalue weighted by Gasteiger charge is -2.49. The Labute approximate surface area is 107 Å². The third-order valence-electron chi connectivity index (χ3n) is 4.83. The van der Waals surface area contributed by atoms with E-state index in [2.05, 4.69) is 44.7 Å². The molecule has 1 aliphatic heterocycles. The molecule has 3 heteroatoms. The minimum absolute atomic E-state index is 0.232. The lowest BCUT2D eigenvalue weighted by molar-refractivity contribution is 0.0192. The number of hydrogen-bond donors (Lipinski definition) is 1. The summed E-state index contributed by atoms with van der Waals surface area (Å²) >= 11 is 0. The van der Waals surface area contributed by atoms with Crippen molar-refractivity contribution in [3.63, 3.8) is 0 Å². The van der Waals surface area contributed by atoms with E-state index in [9.17, 15) is 0 Å². The molecule has 1 heterocycles. The van der Waals surface area contributed by atoms with E-state index in [-0.39, 0.29) is 5.54 Å². The molecule has 2 N–H and O–H groups in total. The van der Waals surface area contributed by atoms with E-state index in [0.29, 0.717) is 6.04 Å². The smallest absolute Gasteiger partial charge is 0.0355 e. The van der Waals surface area contributed by atoms with Gasteiger partial charge in [0.25, 0.3) is 0 Å². The molecule has 1 aliphatic rings. The zero-order valence-corrected chi connectivity index (χ0v) is 12.4. The lowest BCUT2D eigenvalue weighted by atomic mass is 9.82. The van der Waals surface area contributed by atoms with Crippen molar-refractivity contribution in [1.82, 2.24) is 9.80 Å². The normalized spacial score (nSPS) is 33.0. The number of hydrogen-bond acceptors (Lipinski definition) is 3. The zero-order chi connectivity index (χ0) is 13.1. The monoisotopic (exact) mass is 241 g/mol. The maximum absolute atomic E-state index is 6.10. The van der Waals surface area contributed by atoms with Crippen LogP contribution in [0.25, 0.3) is 0 Å². The molecule has 0 aliphatic carbocycles. The Hall–Kier alpha value is -0.120. The number of rotatable bonds is 5. The molecule has 1 saturated heterocycles. The van der Waals surface area contributed by atoms with Gasteiger partial charge in [0.15, 0.2) is 0 Å². The van der Waals surface area contributed by atoms with Crippen LogP contribution in [0, 0.1) is 5.92 Å². The predicted molar refractivity (Wildman–Crippen MR) is 75.2 cm³/mol. The molecule has 0 radical (unpaired) electrons. The molecule has 3 atom stereocenters. The van der Waals surface area contributed by atoms with Gasteiger partial charge in [-0.2, -0.15) is 0 Å². The molecule has 17 heavy (non-hydrogen) atoms. The molecule has 3 nitrogen and oxygen atoms in total. The standard InChI is InChI=1S/C14H31N3/c1-6-12(2)10-17(5)14(11-15)7-8-16(4)13(3)9-14/h12-13H,6-11,15H2,1-5H3. The van der Waals surface area contributed by atoms with Gasteiger partial charge in [-0.25, -0.2) is 0 Å². The van der Waals surface area contributed by atoms with Crippen molar-refractivity contribution >= 4 is 0 Å². The van der Waals surface area contributed by atoms with Crippen LogP contribution in [0.4, 0.5) is 0 Å². The van der Waals surface area contributed by atoms with Gasteiger partial charge in [-0.3, -0.25) is 4.90 Å². The number of likely N-dealkylation sites (N-methyl/N-ethyl adjacent to an activating group) is 1. The van der Waals surface area contributed by atoms with Gasteiger partial charge in [-0.05, 0) is 46.3 Å². The van der Waals surface area contributed by atoms with Crippen molar-refractivity contribution in [3.05, 3.63) is 0 Å². The Bertz CT molecular complexity index is 232. The molecular weight excluding hydrogens is 210 g/mol. The average molecular weight is 241 g/mol. The first-order valence-corrected chi connectivity index (χ1v) is 7.06. The van der Waals surface area contributed by atoms with Crippen LogP contribution < -0.4 is 5.73 Å². The van der Waals surface area contributed by atoms with Crippen LogP contribution in [0.3, 0.4) is 0 Å². The summed E-state index contributed by atoms with van der Waals surface area (Å²) in [5.74, 6) is 0.762. The van der Waals surface area contributed by atoms with Gasteiger partial charge in [0.2, 0.25) is 0 Å². The van der Waals surface area contributed by atoms with Crippen molar-refractivity contribution in [2.75, 3.05) is 33.7 Å². The van der Waals surface area contributed by atoms with Gasteiger partial charge in [-0.1, -0.05) is 20.3 Å². The molecule has 1 fully saturated rings. The highest BCUT2D eigenvalue weighted by atomic mass is 15.2. The van der Waals surface area contributed by atoms with Gasteiger partial charge < -0.3 is 10.6 Å². The lowest BCUT2D eigenvalue weighted by Crippen LogP contribution is -2.60. The highest BCUT2D eigenvalue weighted by Crippen LogP contribution is 2.30. The second-order valence-corrected chi connectivity index (χ2v) is 6.11. The summed E-state index contributed by atoms with van der Waals surface area (Å²) in [6.45, 7) is 10.1. The summed E-state index contributed by atoms with van der Waals surface area (Å²) in [5, 5.41) is 0. The Morgan fingerprint density at radius 3 is 2.65 bits per heavy atom. The Morgan fingerprint density at radius 2 is 2.18 bits per heavy atom. The molecule has 0 aromatic carbocycles. The van der Waals surface area contributed by atoms with E-state index in [1.807, 2.05) is 0 Å². The summed E-state index contributed by atoms with van der Waals surface area (Å²) < 4.78 is 0. The summed E-state index contributed by atoms with van der Waals surface area (Å²) in [4.78, 5) is 4.98. The molecule has 0 aromatic heterocycles. The van der Waals surface area contributed by atoms with Crippen LogP contribution in [0.15, 0.2) is 0 Å². The first-order chi connectivity index (χ1) is 7.95. The van der Waals surface area contributed by atoms with Crippen LogP contribution in [0.1, 0.15) is 40.0 Å². The van der Waals surface area contributed by atoms with Gasteiger partial charge in [-0.15, -0.1) is 0 Å². The van der Waals surface area contributed by atoms with Crippen LogP contribution in [0.5, 0.6) is 0 Å². The highest BCUT2D eigenvalue weighted by molar-refractivity contribution is 4.97. The number of nitrogens with zero attached hydrogens (tertiary/aromatic N) is 2. The van der Waals surface area contributed by atoms with Crippen molar-refractivity contribution in [3.8, 4) is 0 Å². The third-order valence-corrected chi connectivity index (χ3v) is 4.83. The number of piperidine rings is 1. The first kappa shape index (κ1) is 14.9. The van der Waals surface area contributed by atoms with E-state index >= 15 is 0 Å². The summed E-state index contributed by atoms with van der Waals surface area (Å²) in [7, 11) is 4.48. The van der Waals surface area contributed by atoms with Gasteiger partial charge in [0, 0.05) is 24.7 Å². The molecule has 0 aromatic rings. The van der Waals surface area contributed by atoms with Gasteiger partial charge in [0.05, 0.1) is 0 Å². The summed E-state index contributed by atoms with van der Waals surface area (Å²) in [6.07, 6.45) is 3.66. The fourth-order valence-corrected chi connectivity index (χ4v) is 2.89. The minimum atomic E-state index is 0.232. The van der Waals surface area contributed by atoms with Crippen molar-refractivity contribution < 1.29 is 0 Å². The Morgan fingerprint density at radius 1 is 1.53 bits per heavy atom. The van der Waals surface area contributed by atoms with E-state index in [0.717, 1.165) is 12.5 Å². The maximum atomic E-state index is 6.10. The third kappa shape index (κ3) is 3.43. The van der Waals surface area contributed by atoms with Crippen LogP contribution >= 0.6 is 0 Å². The molecule has 0 saturated carbocycles. The van der Waals surface area contributed by atoms with Crippen molar-refractivity contribution in [2.45, 2.75) is 51.6 Å². The average Bonchev–Trinajstić information content (AvgIpc) is 2.32. The SMILES string of the molecule is CCC(C)CN(C)C1(CN)CCN(C)C(C)C1. The first-order valence-electron chi connectivity index (χ1n) is 7.06. The molecule has 0 bridgehead atoms. The molecule has 0 spiro atoms. The van der Waals surface area contributed by atoms with Crippen molar-refractivity contribution in [2.24, 2.45) is 11.7 Å². The highest BCUT2D eigenvalue weighted by Gasteiger charge is 2.39. The zero-order valence-electron chi connectivity index (χ0n) is 12.4. The van der Waals surface area contributed by atoms with Crippen LogP contribution in [-0.4, -0.2) is 55.1 Å². The molecule has 0 amide bonds. The Kier molecular flexibility index (Phi) is 5.42. The van der Waals surface area contributed by atoms with Crippen LogP contribution in [-0.2, 0) is 0 Å². The largest absolute Gasteiger partial charge is 0.329 e. The van der Waals surface area contributed by atoms with E-state index in [1.165, 1.54) is 32.4 Å². The predicted octanol–water partition coefficient (Wildman–Crippen LogP) is 1.78. The van der Waals surface area contributed by atoms with E-state index in [4.69, 9.17) is 5.73 Å². The quantitative estimate of drug-likeness (QED) is 0.796. The van der Waals surface area contributed by atoms with E-state index in [1.54, 1.807) is 0 Å². The molecule has 102 valence electrons. The maximum Gasteiger partial charge on any atom is 0.0355 e. The van der Waals surface area contributed by atoms with E-state index < -0.39 is 0 Å². The molecular formula is C14H31N3. The van der Waals surface area contributed by atoms with Crippen LogP contribution in [0.2, 0.25) is 0 Å². The Balaban J connectivity index is 2.68. The second kappa shape index (κ2) is 6.17. The fraction of sp³-hybridized carbons (Fsp3) is 1.00. The number of nitrogens with two attached hydrogens (primary N) is 1. The molecule has 3 unspecified atom stereocenters. The summed E-state index contributed by atoms with van der Waals surface area (Å²) in [6, 6.07) is 0.645. The van der Waals surface area contributed by atoms with Crippen molar-refractivity contribution in [1.29, 1.82) is 0 Å². The number of likely N-dealkylation sites (tertiary alicyclic amines) is 1.